The Balaban J connectivity index is 1.66. The number of fused-ring (bicyclic) bond motifs is 2. The van der Waals surface area contributed by atoms with E-state index in [1.807, 2.05) is 18.2 Å². The minimum atomic E-state index is -0.183. The Hall–Kier alpha value is -3.09. The van der Waals surface area contributed by atoms with Crippen molar-refractivity contribution in [2.24, 2.45) is 0 Å². The average Bonchev–Trinajstić information content (AvgIpc) is 2.92. The smallest absolute Gasteiger partial charge is 0.326 e. The normalized spacial score (nSPS) is 14.0. The van der Waals surface area contributed by atoms with Gasteiger partial charge in [-0.25, -0.2) is 14.3 Å². The highest BCUT2D eigenvalue weighted by Gasteiger charge is 2.23. The molecule has 2 amide bonds. The van der Waals surface area contributed by atoms with Gasteiger partial charge in [0, 0.05) is 25.0 Å². The van der Waals surface area contributed by atoms with Crippen molar-refractivity contribution < 1.29 is 9.53 Å². The average molecular weight is 337 g/mol. The molecule has 0 saturated heterocycles. The van der Waals surface area contributed by atoms with E-state index in [0.29, 0.717) is 17.9 Å². The largest absolute Gasteiger partial charge is 0.497 e. The molecule has 3 heterocycles. The first-order chi connectivity index (χ1) is 12.3. The van der Waals surface area contributed by atoms with Crippen LogP contribution < -0.4 is 15.0 Å². The number of hydrogen-bond acceptors (Lipinski definition) is 4. The van der Waals surface area contributed by atoms with Gasteiger partial charge in [0.1, 0.15) is 11.4 Å². The molecule has 0 unspecified atom stereocenters. The summed E-state index contributed by atoms with van der Waals surface area (Å²) in [6.45, 7) is 0.665. The molecule has 7 heteroatoms. The van der Waals surface area contributed by atoms with Crippen molar-refractivity contribution in [3.8, 4) is 5.75 Å². The number of anilines is 2. The molecule has 2 aromatic heterocycles. The molecule has 1 N–H and O–H groups in total. The molecule has 0 bridgehead atoms. The molecule has 0 saturated carbocycles. The van der Waals surface area contributed by atoms with E-state index in [9.17, 15) is 4.79 Å². The number of aryl methyl sites for hydroxylation is 1. The first-order valence-electron chi connectivity index (χ1n) is 8.30. The summed E-state index contributed by atoms with van der Waals surface area (Å²) in [6, 6.07) is 7.51. The number of benzene rings is 1. The van der Waals surface area contributed by atoms with Crippen LogP contribution in [0, 0.1) is 0 Å². The Morgan fingerprint density at radius 1 is 1.32 bits per heavy atom. The zero-order valence-corrected chi connectivity index (χ0v) is 14.0. The fourth-order valence-corrected chi connectivity index (χ4v) is 3.15. The Morgan fingerprint density at radius 3 is 3.12 bits per heavy atom. The topological polar surface area (TPSA) is 71.8 Å². The van der Waals surface area contributed by atoms with E-state index in [1.165, 1.54) is 0 Å². The lowest BCUT2D eigenvalue weighted by molar-refractivity contribution is 0.257. The van der Waals surface area contributed by atoms with Crippen LogP contribution in [0.1, 0.15) is 18.4 Å². The van der Waals surface area contributed by atoms with Crippen molar-refractivity contribution in [1.29, 1.82) is 0 Å². The Labute approximate surface area is 145 Å². The molecule has 3 aromatic rings. The van der Waals surface area contributed by atoms with Gasteiger partial charge in [0.2, 0.25) is 0 Å². The van der Waals surface area contributed by atoms with E-state index in [-0.39, 0.29) is 6.03 Å². The van der Waals surface area contributed by atoms with Crippen molar-refractivity contribution in [1.82, 2.24) is 14.6 Å². The molecule has 0 radical (unpaired) electrons. The molecular formula is C18H19N5O2. The van der Waals surface area contributed by atoms with Gasteiger partial charge in [0.05, 0.1) is 19.0 Å². The first-order valence-corrected chi connectivity index (χ1v) is 8.30. The number of aromatic nitrogens is 3. The SMILES string of the molecule is COc1ccc2c(c1)N(C(=O)Nc1cnn3cccnc13)CCCC2. The highest BCUT2D eigenvalue weighted by atomic mass is 16.5. The van der Waals surface area contributed by atoms with Crippen molar-refractivity contribution in [2.75, 3.05) is 23.9 Å². The molecule has 4 rings (SSSR count). The van der Waals surface area contributed by atoms with Gasteiger partial charge in [-0.2, -0.15) is 5.10 Å². The van der Waals surface area contributed by atoms with Crippen molar-refractivity contribution in [2.45, 2.75) is 19.3 Å². The van der Waals surface area contributed by atoms with Crippen LogP contribution >= 0.6 is 0 Å². The summed E-state index contributed by atoms with van der Waals surface area (Å²) in [5.41, 5.74) is 3.28. The molecule has 1 aliphatic rings. The van der Waals surface area contributed by atoms with Crippen LogP contribution in [0.5, 0.6) is 5.75 Å². The first kappa shape index (κ1) is 15.4. The molecule has 0 aliphatic carbocycles. The predicted octanol–water partition coefficient (Wildman–Crippen LogP) is 3.11. The van der Waals surface area contributed by atoms with Gasteiger partial charge in [-0.3, -0.25) is 4.90 Å². The van der Waals surface area contributed by atoms with Crippen LogP contribution in [-0.2, 0) is 6.42 Å². The maximum Gasteiger partial charge on any atom is 0.326 e. The van der Waals surface area contributed by atoms with Gasteiger partial charge in [-0.15, -0.1) is 0 Å². The minimum Gasteiger partial charge on any atom is -0.497 e. The number of nitrogens with one attached hydrogen (secondary N) is 1. The molecule has 25 heavy (non-hydrogen) atoms. The van der Waals surface area contributed by atoms with E-state index in [4.69, 9.17) is 4.74 Å². The second-order valence-electron chi connectivity index (χ2n) is 5.98. The van der Waals surface area contributed by atoms with Gasteiger partial charge < -0.3 is 10.1 Å². The zero-order valence-electron chi connectivity index (χ0n) is 14.0. The third-order valence-corrected chi connectivity index (χ3v) is 4.43. The second-order valence-corrected chi connectivity index (χ2v) is 5.98. The number of ether oxygens (including phenoxy) is 1. The minimum absolute atomic E-state index is 0.183. The van der Waals surface area contributed by atoms with Gasteiger partial charge >= 0.3 is 6.03 Å². The predicted molar refractivity (Wildman–Crippen MR) is 95.3 cm³/mol. The fourth-order valence-electron chi connectivity index (χ4n) is 3.15. The van der Waals surface area contributed by atoms with Gasteiger partial charge in [-0.05, 0) is 37.0 Å². The summed E-state index contributed by atoms with van der Waals surface area (Å²) < 4.78 is 6.96. The number of hydrogen-bond donors (Lipinski definition) is 1. The zero-order chi connectivity index (χ0) is 17.2. The van der Waals surface area contributed by atoms with E-state index in [2.05, 4.69) is 15.4 Å². The quantitative estimate of drug-likeness (QED) is 0.780. The Kier molecular flexibility index (Phi) is 3.97. The number of nitrogens with zero attached hydrogens (tertiary/aromatic N) is 4. The molecular weight excluding hydrogens is 318 g/mol. The molecule has 0 fully saturated rings. The summed E-state index contributed by atoms with van der Waals surface area (Å²) in [5, 5.41) is 7.15. The third-order valence-electron chi connectivity index (χ3n) is 4.43. The maximum absolute atomic E-state index is 12.9. The van der Waals surface area contributed by atoms with Crippen LogP contribution in [0.2, 0.25) is 0 Å². The molecule has 7 nitrogen and oxygen atoms in total. The number of rotatable bonds is 2. The molecule has 128 valence electrons. The maximum atomic E-state index is 12.9. The van der Waals surface area contributed by atoms with Crippen molar-refractivity contribution in [3.63, 3.8) is 0 Å². The lowest BCUT2D eigenvalue weighted by atomic mass is 10.1. The number of urea groups is 1. The summed E-state index contributed by atoms with van der Waals surface area (Å²) in [7, 11) is 1.63. The van der Waals surface area contributed by atoms with Gasteiger partial charge in [0.15, 0.2) is 5.65 Å². The summed E-state index contributed by atoms with van der Waals surface area (Å²) >= 11 is 0. The fraction of sp³-hybridized carbons (Fsp3) is 0.278. The molecule has 1 aliphatic heterocycles. The summed E-state index contributed by atoms with van der Waals surface area (Å²) in [5.74, 6) is 0.746. The van der Waals surface area contributed by atoms with Crippen LogP contribution in [-0.4, -0.2) is 34.3 Å². The van der Waals surface area contributed by atoms with E-state index in [0.717, 1.165) is 36.3 Å². The second kappa shape index (κ2) is 6.43. The Morgan fingerprint density at radius 2 is 2.24 bits per heavy atom. The van der Waals surface area contributed by atoms with Crippen LogP contribution in [0.3, 0.4) is 0 Å². The number of carbonyl (C=O) groups excluding carboxylic acids is 1. The lowest BCUT2D eigenvalue weighted by Gasteiger charge is -2.23. The molecule has 0 spiro atoms. The van der Waals surface area contributed by atoms with Crippen LogP contribution in [0.15, 0.2) is 42.9 Å². The number of carbonyl (C=O) groups is 1. The van der Waals surface area contributed by atoms with E-state index >= 15 is 0 Å². The van der Waals surface area contributed by atoms with Gasteiger partial charge in [0.25, 0.3) is 0 Å². The van der Waals surface area contributed by atoms with Crippen molar-refractivity contribution >= 4 is 23.1 Å². The van der Waals surface area contributed by atoms with E-state index < -0.39 is 0 Å². The summed E-state index contributed by atoms with van der Waals surface area (Å²) in [6.07, 6.45) is 8.06. The van der Waals surface area contributed by atoms with E-state index in [1.54, 1.807) is 41.2 Å². The van der Waals surface area contributed by atoms with Crippen LogP contribution in [0.25, 0.3) is 5.65 Å². The summed E-state index contributed by atoms with van der Waals surface area (Å²) in [4.78, 5) is 19.0. The highest BCUT2D eigenvalue weighted by Crippen LogP contribution is 2.31. The molecule has 1 aromatic carbocycles. The number of amides is 2. The van der Waals surface area contributed by atoms with Gasteiger partial charge in [-0.1, -0.05) is 6.07 Å². The Bertz CT molecular complexity index is 921. The molecule has 0 atom stereocenters. The lowest BCUT2D eigenvalue weighted by Crippen LogP contribution is -2.35. The monoisotopic (exact) mass is 337 g/mol. The van der Waals surface area contributed by atoms with Crippen molar-refractivity contribution in [3.05, 3.63) is 48.4 Å². The number of methoxy groups -OCH3 is 1. The standard InChI is InChI=1S/C18H19N5O2/c1-25-14-7-6-13-5-2-3-9-22(16(13)11-14)18(24)21-15-12-20-23-10-4-8-19-17(15)23/h4,6-8,10-12H,2-3,5,9H2,1H3,(H,21,24). The highest BCUT2D eigenvalue weighted by molar-refractivity contribution is 6.04. The third kappa shape index (κ3) is 2.88. The van der Waals surface area contributed by atoms with Crippen LogP contribution in [0.4, 0.5) is 16.2 Å².